The summed E-state index contributed by atoms with van der Waals surface area (Å²) in [5, 5.41) is 3.22. The van der Waals surface area contributed by atoms with Gasteiger partial charge < -0.3 is 5.32 Å². The molecule has 1 N–H and O–H groups in total. The molecule has 21 heavy (non-hydrogen) atoms. The number of anilines is 1. The first-order valence-corrected chi connectivity index (χ1v) is 7.66. The highest BCUT2D eigenvalue weighted by atomic mass is 35.5. The highest BCUT2D eigenvalue weighted by molar-refractivity contribution is 7.99. The quantitative estimate of drug-likeness (QED) is 0.767. The van der Waals surface area contributed by atoms with E-state index >= 15 is 0 Å². The molecule has 1 unspecified atom stereocenters. The van der Waals surface area contributed by atoms with Gasteiger partial charge in [-0.15, -0.1) is 11.8 Å². The van der Waals surface area contributed by atoms with E-state index in [2.05, 4.69) is 5.32 Å². The van der Waals surface area contributed by atoms with E-state index in [0.717, 1.165) is 28.3 Å². The Morgan fingerprint density at radius 2 is 1.90 bits per heavy atom. The fourth-order valence-electron chi connectivity index (χ4n) is 2.32. The fraction of sp³-hybridized carbons (Fsp3) is 0.200. The Balaban J connectivity index is 1.88. The molecule has 0 aliphatic carbocycles. The number of benzene rings is 2. The predicted octanol–water partition coefficient (Wildman–Crippen LogP) is 5.62. The first kappa shape index (κ1) is 14.6. The summed E-state index contributed by atoms with van der Waals surface area (Å²) < 4.78 is 38.4. The van der Waals surface area contributed by atoms with Crippen molar-refractivity contribution < 1.29 is 13.2 Å². The molecule has 1 heterocycles. The normalized spacial score (nSPS) is 17.6. The van der Waals surface area contributed by atoms with E-state index in [9.17, 15) is 13.2 Å². The van der Waals surface area contributed by atoms with E-state index in [-0.39, 0.29) is 11.1 Å². The molecule has 1 nitrogen and oxygen atoms in total. The lowest BCUT2D eigenvalue weighted by Gasteiger charge is -2.17. The topological polar surface area (TPSA) is 12.0 Å². The van der Waals surface area contributed by atoms with Crippen molar-refractivity contribution in [3.8, 4) is 0 Å². The van der Waals surface area contributed by atoms with Crippen LogP contribution in [0.4, 0.5) is 18.9 Å². The molecule has 1 aliphatic heterocycles. The minimum absolute atomic E-state index is 0.00856. The van der Waals surface area contributed by atoms with Gasteiger partial charge in [0.1, 0.15) is 0 Å². The first-order chi connectivity index (χ1) is 9.93. The molecule has 0 spiro atoms. The smallest absolute Gasteiger partial charge is 0.377 e. The maximum absolute atomic E-state index is 12.8. The maximum Gasteiger partial charge on any atom is 0.416 e. The molecule has 2 aromatic rings. The van der Waals surface area contributed by atoms with Crippen LogP contribution in [0.2, 0.25) is 5.02 Å². The Kier molecular flexibility index (Phi) is 3.80. The van der Waals surface area contributed by atoms with Gasteiger partial charge in [0.05, 0.1) is 11.6 Å². The highest BCUT2D eigenvalue weighted by Crippen LogP contribution is 2.40. The van der Waals surface area contributed by atoms with Crippen LogP contribution in [0.1, 0.15) is 17.2 Å². The van der Waals surface area contributed by atoms with Gasteiger partial charge in [-0.3, -0.25) is 0 Å². The second kappa shape index (κ2) is 5.46. The summed E-state index contributed by atoms with van der Waals surface area (Å²) in [6, 6.07) is 11.4. The monoisotopic (exact) mass is 329 g/mol. The molecule has 0 saturated carbocycles. The van der Waals surface area contributed by atoms with E-state index in [1.807, 2.05) is 24.3 Å². The Bertz CT molecular complexity index is 672. The molecule has 0 aromatic heterocycles. The average Bonchev–Trinajstić information content (AvgIpc) is 2.81. The molecule has 0 saturated heterocycles. The summed E-state index contributed by atoms with van der Waals surface area (Å²) in [5.41, 5.74) is 0.754. The SMILES string of the molecule is FC(F)(F)c1cc(Cl)cc(NC2CSc3ccccc32)c1. The Morgan fingerprint density at radius 3 is 2.67 bits per heavy atom. The van der Waals surface area contributed by atoms with Gasteiger partial charge in [0.25, 0.3) is 0 Å². The number of hydrogen-bond acceptors (Lipinski definition) is 2. The number of halogens is 4. The first-order valence-electron chi connectivity index (χ1n) is 6.29. The van der Waals surface area contributed by atoms with Crippen LogP contribution in [-0.2, 0) is 6.18 Å². The van der Waals surface area contributed by atoms with Crippen molar-refractivity contribution >= 4 is 29.1 Å². The summed E-state index contributed by atoms with van der Waals surface area (Å²) in [4.78, 5) is 1.16. The second-order valence-corrected chi connectivity index (χ2v) is 6.27. The summed E-state index contributed by atoms with van der Waals surface area (Å²) in [7, 11) is 0. The molecule has 3 rings (SSSR count). The van der Waals surface area contributed by atoms with Gasteiger partial charge >= 0.3 is 6.18 Å². The number of rotatable bonds is 2. The van der Waals surface area contributed by atoms with Gasteiger partial charge in [0.2, 0.25) is 0 Å². The standard InChI is InChI=1S/C15H11ClF3NS/c16-10-5-9(15(17,18)19)6-11(7-10)20-13-8-21-14-4-2-1-3-12(13)14/h1-7,13,20H,8H2. The summed E-state index contributed by atoms with van der Waals surface area (Å²) in [6.45, 7) is 0. The highest BCUT2D eigenvalue weighted by Gasteiger charge is 2.31. The largest absolute Gasteiger partial charge is 0.416 e. The average molecular weight is 330 g/mol. The zero-order chi connectivity index (χ0) is 15.0. The van der Waals surface area contributed by atoms with Gasteiger partial charge in [-0.25, -0.2) is 0 Å². The van der Waals surface area contributed by atoms with E-state index < -0.39 is 11.7 Å². The van der Waals surface area contributed by atoms with E-state index in [1.54, 1.807) is 11.8 Å². The van der Waals surface area contributed by atoms with Crippen molar-refractivity contribution in [3.05, 3.63) is 58.6 Å². The van der Waals surface area contributed by atoms with Crippen molar-refractivity contribution in [1.82, 2.24) is 0 Å². The van der Waals surface area contributed by atoms with Crippen LogP contribution in [-0.4, -0.2) is 5.75 Å². The summed E-state index contributed by atoms with van der Waals surface area (Å²) >= 11 is 7.49. The number of alkyl halides is 3. The minimum Gasteiger partial charge on any atom is -0.377 e. The number of hydrogen-bond donors (Lipinski definition) is 1. The molecule has 0 fully saturated rings. The zero-order valence-electron chi connectivity index (χ0n) is 10.7. The lowest BCUT2D eigenvalue weighted by Crippen LogP contribution is -2.11. The number of thioether (sulfide) groups is 1. The van der Waals surface area contributed by atoms with Crippen LogP contribution in [0.5, 0.6) is 0 Å². The maximum atomic E-state index is 12.8. The molecule has 1 aliphatic rings. The summed E-state index contributed by atoms with van der Waals surface area (Å²) in [5.74, 6) is 0.785. The zero-order valence-corrected chi connectivity index (χ0v) is 12.3. The fourth-order valence-corrected chi connectivity index (χ4v) is 3.72. The van der Waals surface area contributed by atoms with Crippen molar-refractivity contribution in [2.24, 2.45) is 0 Å². The van der Waals surface area contributed by atoms with E-state index in [0.29, 0.717) is 5.69 Å². The lowest BCUT2D eigenvalue weighted by molar-refractivity contribution is -0.137. The molecule has 110 valence electrons. The van der Waals surface area contributed by atoms with Gasteiger partial charge in [-0.2, -0.15) is 13.2 Å². The van der Waals surface area contributed by atoms with Crippen molar-refractivity contribution in [2.75, 3.05) is 11.1 Å². The Labute approximate surface area is 129 Å². The summed E-state index contributed by atoms with van der Waals surface area (Å²) in [6.07, 6.45) is -4.40. The third kappa shape index (κ3) is 3.14. The van der Waals surface area contributed by atoms with Crippen LogP contribution >= 0.6 is 23.4 Å². The minimum atomic E-state index is -4.40. The third-order valence-electron chi connectivity index (χ3n) is 3.27. The molecule has 6 heteroatoms. The van der Waals surface area contributed by atoms with Crippen LogP contribution < -0.4 is 5.32 Å². The second-order valence-electron chi connectivity index (χ2n) is 4.77. The van der Waals surface area contributed by atoms with Gasteiger partial charge in [0.15, 0.2) is 0 Å². The predicted molar refractivity (Wildman–Crippen MR) is 80.0 cm³/mol. The van der Waals surface area contributed by atoms with Crippen LogP contribution in [0.25, 0.3) is 0 Å². The third-order valence-corrected chi connectivity index (χ3v) is 4.67. The number of fused-ring (bicyclic) bond motifs is 1. The van der Waals surface area contributed by atoms with Gasteiger partial charge in [-0.1, -0.05) is 29.8 Å². The van der Waals surface area contributed by atoms with Crippen molar-refractivity contribution in [2.45, 2.75) is 17.1 Å². The van der Waals surface area contributed by atoms with Gasteiger partial charge in [0, 0.05) is 21.4 Å². The van der Waals surface area contributed by atoms with E-state index in [1.165, 1.54) is 6.07 Å². The van der Waals surface area contributed by atoms with Crippen LogP contribution in [0, 0.1) is 0 Å². The molecule has 0 radical (unpaired) electrons. The van der Waals surface area contributed by atoms with Gasteiger partial charge in [-0.05, 0) is 29.8 Å². The number of nitrogens with one attached hydrogen (secondary N) is 1. The lowest BCUT2D eigenvalue weighted by atomic mass is 10.1. The molecule has 2 aromatic carbocycles. The molecular weight excluding hydrogens is 319 g/mol. The molecule has 0 bridgehead atoms. The van der Waals surface area contributed by atoms with Crippen molar-refractivity contribution in [3.63, 3.8) is 0 Å². The van der Waals surface area contributed by atoms with Crippen molar-refractivity contribution in [1.29, 1.82) is 0 Å². The molecular formula is C15H11ClF3NS. The van der Waals surface area contributed by atoms with Crippen LogP contribution in [0.15, 0.2) is 47.4 Å². The Morgan fingerprint density at radius 1 is 1.14 bits per heavy atom. The van der Waals surface area contributed by atoms with Crippen LogP contribution in [0.3, 0.4) is 0 Å². The molecule has 0 amide bonds. The molecule has 1 atom stereocenters. The van der Waals surface area contributed by atoms with E-state index in [4.69, 9.17) is 11.6 Å². The Hall–Kier alpha value is -1.33.